The number of halogens is 4. The summed E-state index contributed by atoms with van der Waals surface area (Å²) in [6.45, 7) is 21.2. The van der Waals surface area contributed by atoms with Crippen LogP contribution in [-0.4, -0.2) is 137 Å². The fraction of sp³-hybridized carbons (Fsp3) is 0.493. The van der Waals surface area contributed by atoms with Crippen LogP contribution in [0.5, 0.6) is 0 Å². The molecule has 0 bridgehead atoms. The lowest BCUT2D eigenvalue weighted by molar-refractivity contribution is 0.0163. The summed E-state index contributed by atoms with van der Waals surface area (Å²) in [5, 5.41) is 12.4. The number of nitrogens with one attached hydrogen (secondary N) is 1. The van der Waals surface area contributed by atoms with E-state index in [1.54, 1.807) is 6.20 Å². The van der Waals surface area contributed by atoms with E-state index in [4.69, 9.17) is 61.0 Å². The number of rotatable bonds is 14. The highest BCUT2D eigenvalue weighted by Gasteiger charge is 2.31. The van der Waals surface area contributed by atoms with Crippen LogP contribution in [0, 0.1) is 17.8 Å². The topological polar surface area (TPSA) is 136 Å². The maximum absolute atomic E-state index is 12.3. The molecule has 468 valence electrons. The first-order valence-electron chi connectivity index (χ1n) is 30.3. The van der Waals surface area contributed by atoms with E-state index in [1.807, 2.05) is 149 Å². The molecule has 2 N–H and O–H groups in total. The van der Waals surface area contributed by atoms with Crippen molar-refractivity contribution in [2.75, 3.05) is 73.6 Å². The fourth-order valence-electron chi connectivity index (χ4n) is 10.8. The fourth-order valence-corrected chi connectivity index (χ4v) is 11.5. The van der Waals surface area contributed by atoms with E-state index in [2.05, 4.69) is 93.6 Å². The van der Waals surface area contributed by atoms with Crippen molar-refractivity contribution in [3.05, 3.63) is 195 Å². The molecule has 3 unspecified atom stereocenters. The standard InChI is InChI=1S/C24H32ClN3O2.C19H24ClN3.C13H25NO2.C12H9Cl2N.CH4O/c1-24(2,3)30-23(29)28-15-12-18(13-16-28)17-27(4)22(21-7-5-6-14-26-21)19-8-10-20(25)11-9-19;1-23(14-15-9-12-21-13-10-15)19(18-4-2-3-11-22-18)16-5-7-17(20)8-6-16;1-5-6-11-7-9-14(10-8-11)12(15)16-13(2,3)4;13-10-6-4-9(5-7-10)12(14)11-3-1-2-8-15-11;1-2/h5-11,14,18,22H,12-13,15-17H2,1-4H3;2-8,11,15,19,21H,9-10,12-14H2,1H3;11H,5-10H2,1-4H3;1-8,12H;2H,1H3. The zero-order valence-corrected chi connectivity index (χ0v) is 55.4. The number of aliphatic hydroxyl groups excluding tert-OH is 1. The van der Waals surface area contributed by atoms with Gasteiger partial charge in [0.1, 0.15) is 16.6 Å². The Bertz CT molecular complexity index is 2810. The molecule has 6 heterocycles. The number of aromatic nitrogens is 3. The molecule has 3 aliphatic heterocycles. The van der Waals surface area contributed by atoms with Gasteiger partial charge in [-0.3, -0.25) is 24.8 Å². The molecule has 2 amide bonds. The Morgan fingerprint density at radius 2 is 0.872 bits per heavy atom. The zero-order valence-electron chi connectivity index (χ0n) is 52.4. The van der Waals surface area contributed by atoms with Gasteiger partial charge in [-0.1, -0.05) is 109 Å². The summed E-state index contributed by atoms with van der Waals surface area (Å²) in [6.07, 6.45) is 14.3. The lowest BCUT2D eigenvalue weighted by Crippen LogP contribution is -2.43. The predicted molar refractivity (Wildman–Crippen MR) is 353 cm³/mol. The highest BCUT2D eigenvalue weighted by molar-refractivity contribution is 6.31. The average Bonchev–Trinajstić information content (AvgIpc) is 3.28. The smallest absolute Gasteiger partial charge is 0.410 e. The van der Waals surface area contributed by atoms with Crippen LogP contribution in [-0.2, 0) is 9.47 Å². The van der Waals surface area contributed by atoms with Gasteiger partial charge in [0.25, 0.3) is 0 Å². The summed E-state index contributed by atoms with van der Waals surface area (Å²) in [5.41, 5.74) is 5.54. The van der Waals surface area contributed by atoms with Crippen molar-refractivity contribution in [3.8, 4) is 0 Å². The number of amides is 2. The molecule has 9 rings (SSSR count). The van der Waals surface area contributed by atoms with Crippen molar-refractivity contribution in [1.29, 1.82) is 0 Å². The Morgan fingerprint density at radius 1 is 0.535 bits per heavy atom. The maximum atomic E-state index is 12.3. The predicted octanol–water partition coefficient (Wildman–Crippen LogP) is 16.3. The molecule has 3 saturated heterocycles. The van der Waals surface area contributed by atoms with Crippen molar-refractivity contribution in [2.45, 2.75) is 128 Å². The van der Waals surface area contributed by atoms with Crippen LogP contribution in [0.4, 0.5) is 9.59 Å². The van der Waals surface area contributed by atoms with Gasteiger partial charge >= 0.3 is 12.2 Å². The van der Waals surface area contributed by atoms with Crippen molar-refractivity contribution in [2.24, 2.45) is 17.8 Å². The molecule has 3 atom stereocenters. The number of benzene rings is 3. The number of piperidine rings is 3. The van der Waals surface area contributed by atoms with E-state index in [1.165, 1.54) is 36.8 Å². The largest absolute Gasteiger partial charge is 0.444 e. The number of hydrogen-bond donors (Lipinski definition) is 2. The average molecular weight is 1260 g/mol. The Hall–Kier alpha value is -5.35. The van der Waals surface area contributed by atoms with Crippen LogP contribution >= 0.6 is 46.4 Å². The van der Waals surface area contributed by atoms with Crippen LogP contribution in [0.25, 0.3) is 0 Å². The van der Waals surface area contributed by atoms with Gasteiger partial charge in [-0.05, 0) is 214 Å². The van der Waals surface area contributed by atoms with Crippen LogP contribution < -0.4 is 5.32 Å². The number of ether oxygens (including phenoxy) is 2. The summed E-state index contributed by atoms with van der Waals surface area (Å²) in [4.78, 5) is 46.0. The maximum Gasteiger partial charge on any atom is 0.410 e. The van der Waals surface area contributed by atoms with Gasteiger partial charge in [0.15, 0.2) is 0 Å². The van der Waals surface area contributed by atoms with Crippen molar-refractivity contribution < 1.29 is 24.2 Å². The van der Waals surface area contributed by atoms with E-state index in [9.17, 15) is 9.59 Å². The van der Waals surface area contributed by atoms with Crippen molar-refractivity contribution >= 4 is 58.6 Å². The first kappa shape index (κ1) is 71.4. The third kappa shape index (κ3) is 25.0. The minimum Gasteiger partial charge on any atom is -0.444 e. The Balaban J connectivity index is 0.000000215. The van der Waals surface area contributed by atoms with Crippen LogP contribution in [0.3, 0.4) is 0 Å². The van der Waals surface area contributed by atoms with Crippen molar-refractivity contribution in [3.63, 3.8) is 0 Å². The third-order valence-electron chi connectivity index (χ3n) is 15.1. The minimum absolute atomic E-state index is 0.0624. The number of aliphatic hydroxyl groups is 1. The molecular weight excluding hydrogens is 1160 g/mol. The molecule has 0 spiro atoms. The molecule has 0 saturated carbocycles. The van der Waals surface area contributed by atoms with Gasteiger partial charge in [-0.15, -0.1) is 11.6 Å². The number of carbonyl (C=O) groups excluding carboxylic acids is 2. The van der Waals surface area contributed by atoms with Gasteiger partial charge in [0, 0.05) is 80.0 Å². The molecule has 3 fully saturated rings. The Kier molecular flexibility index (Phi) is 30.6. The number of nitrogens with zero attached hydrogens (tertiary/aromatic N) is 7. The third-order valence-corrected chi connectivity index (χ3v) is 16.3. The number of hydrogen-bond acceptors (Lipinski definition) is 11. The van der Waals surface area contributed by atoms with Crippen LogP contribution in [0.2, 0.25) is 15.1 Å². The summed E-state index contributed by atoms with van der Waals surface area (Å²) in [7, 11) is 5.35. The molecule has 13 nitrogen and oxygen atoms in total. The Labute approximate surface area is 534 Å². The molecule has 0 radical (unpaired) electrons. The summed E-state index contributed by atoms with van der Waals surface area (Å²) in [5.74, 6) is 2.08. The molecule has 86 heavy (non-hydrogen) atoms. The lowest BCUT2D eigenvalue weighted by atomic mass is 9.93. The van der Waals surface area contributed by atoms with E-state index in [0.717, 1.165) is 130 Å². The SMILES string of the molecule is CCCC1CCN(C(=O)OC(C)(C)C)CC1.CN(CC1CCN(C(=O)OC(C)(C)C)CC1)C(c1ccc(Cl)cc1)c1ccccn1.CN(CC1CCNCC1)C(c1ccc(Cl)cc1)c1ccccn1.CO.Clc1ccc(C(Cl)c2ccccn2)cc1. The quantitative estimate of drug-likeness (QED) is 0.101. The minimum atomic E-state index is -0.456. The second kappa shape index (κ2) is 36.8. The van der Waals surface area contributed by atoms with Gasteiger partial charge in [-0.2, -0.15) is 0 Å². The Morgan fingerprint density at radius 3 is 1.21 bits per heavy atom. The lowest BCUT2D eigenvalue weighted by Gasteiger charge is -2.36. The number of pyridine rings is 3. The summed E-state index contributed by atoms with van der Waals surface area (Å²) in [6, 6.07) is 41.7. The van der Waals surface area contributed by atoms with Crippen LogP contribution in [0.15, 0.2) is 146 Å². The van der Waals surface area contributed by atoms with Crippen LogP contribution in [0.1, 0.15) is 151 Å². The summed E-state index contributed by atoms with van der Waals surface area (Å²) >= 11 is 24.2. The molecule has 6 aromatic rings. The number of alkyl halides is 1. The molecule has 3 aromatic carbocycles. The first-order valence-corrected chi connectivity index (χ1v) is 31.9. The zero-order chi connectivity index (χ0) is 62.7. The van der Waals surface area contributed by atoms with Gasteiger partial charge < -0.3 is 29.7 Å². The van der Waals surface area contributed by atoms with E-state index in [-0.39, 0.29) is 35.2 Å². The highest BCUT2D eigenvalue weighted by Crippen LogP contribution is 2.33. The second-order valence-corrected chi connectivity index (χ2v) is 26.0. The number of likely N-dealkylation sites (tertiary alicyclic amines) is 2. The van der Waals surface area contributed by atoms with Gasteiger partial charge in [0.2, 0.25) is 0 Å². The second-order valence-electron chi connectivity index (χ2n) is 24.3. The molecule has 17 heteroatoms. The first-order chi connectivity index (χ1) is 41.2. The number of carbonyl (C=O) groups is 2. The summed E-state index contributed by atoms with van der Waals surface area (Å²) < 4.78 is 10.9. The van der Waals surface area contributed by atoms with E-state index < -0.39 is 5.60 Å². The molecular formula is C69H94Cl4N8O5. The monoisotopic (exact) mass is 1250 g/mol. The van der Waals surface area contributed by atoms with E-state index >= 15 is 0 Å². The highest BCUT2D eigenvalue weighted by atomic mass is 35.5. The van der Waals surface area contributed by atoms with Crippen molar-refractivity contribution in [1.82, 2.24) is 39.9 Å². The van der Waals surface area contributed by atoms with Gasteiger partial charge in [0.05, 0.1) is 29.2 Å². The molecule has 3 aromatic heterocycles. The molecule has 3 aliphatic rings. The molecule has 0 aliphatic carbocycles. The van der Waals surface area contributed by atoms with Gasteiger partial charge in [-0.25, -0.2) is 9.59 Å². The van der Waals surface area contributed by atoms with E-state index in [0.29, 0.717) is 10.9 Å². The normalized spacial score (nSPS) is 16.1.